The molecule has 2 aliphatic rings. The lowest BCUT2D eigenvalue weighted by molar-refractivity contribution is -0.149. The van der Waals surface area contributed by atoms with E-state index in [1.165, 1.54) is 25.7 Å². The van der Waals surface area contributed by atoms with Crippen LogP contribution >= 0.6 is 0 Å². The van der Waals surface area contributed by atoms with Crippen LogP contribution in [0, 0.1) is 5.92 Å². The van der Waals surface area contributed by atoms with Gasteiger partial charge in [0.25, 0.3) is 0 Å². The van der Waals surface area contributed by atoms with Crippen molar-refractivity contribution < 1.29 is 14.3 Å². The minimum absolute atomic E-state index is 0.0471. The molecule has 2 amide bonds. The van der Waals surface area contributed by atoms with E-state index in [0.29, 0.717) is 25.6 Å². The highest BCUT2D eigenvalue weighted by atomic mass is 16.5. The molecule has 0 radical (unpaired) electrons. The van der Waals surface area contributed by atoms with Crippen LogP contribution in [0.2, 0.25) is 0 Å². The van der Waals surface area contributed by atoms with Crippen molar-refractivity contribution in [2.75, 3.05) is 45.9 Å². The Kier molecular flexibility index (Phi) is 7.30. The van der Waals surface area contributed by atoms with Crippen LogP contribution in [0.1, 0.15) is 39.5 Å². The summed E-state index contributed by atoms with van der Waals surface area (Å²) in [5, 5.41) is 2.97. The molecular formula is C17H31N3O3. The fraction of sp³-hybridized carbons (Fsp3) is 0.882. The molecule has 2 fully saturated rings. The normalized spacial score (nSPS) is 23.9. The van der Waals surface area contributed by atoms with Crippen LogP contribution in [0.25, 0.3) is 0 Å². The second-order valence-corrected chi connectivity index (χ2v) is 7.12. The molecule has 1 atom stereocenters. The van der Waals surface area contributed by atoms with E-state index in [0.717, 1.165) is 19.6 Å². The Morgan fingerprint density at radius 3 is 2.61 bits per heavy atom. The van der Waals surface area contributed by atoms with Crippen molar-refractivity contribution in [3.8, 4) is 0 Å². The van der Waals surface area contributed by atoms with Crippen molar-refractivity contribution in [1.29, 1.82) is 0 Å². The first-order valence-electron chi connectivity index (χ1n) is 8.93. The zero-order chi connectivity index (χ0) is 16.7. The molecule has 132 valence electrons. The predicted octanol–water partition coefficient (Wildman–Crippen LogP) is 0.862. The second kappa shape index (κ2) is 9.23. The van der Waals surface area contributed by atoms with Gasteiger partial charge in [-0.15, -0.1) is 0 Å². The van der Waals surface area contributed by atoms with Gasteiger partial charge in [0.2, 0.25) is 11.8 Å². The molecule has 0 bridgehead atoms. The molecule has 1 N–H and O–H groups in total. The van der Waals surface area contributed by atoms with Crippen LogP contribution in [0.3, 0.4) is 0 Å². The number of hydrogen-bond acceptors (Lipinski definition) is 4. The summed E-state index contributed by atoms with van der Waals surface area (Å²) in [5.74, 6) is 0.545. The maximum absolute atomic E-state index is 12.1. The highest BCUT2D eigenvalue weighted by Crippen LogP contribution is 2.10. The molecule has 0 spiro atoms. The molecule has 0 aromatic carbocycles. The van der Waals surface area contributed by atoms with Gasteiger partial charge in [-0.05, 0) is 31.8 Å². The molecule has 2 aliphatic heterocycles. The zero-order valence-electron chi connectivity index (χ0n) is 14.6. The van der Waals surface area contributed by atoms with Crippen molar-refractivity contribution in [3.05, 3.63) is 0 Å². The van der Waals surface area contributed by atoms with Gasteiger partial charge in [-0.2, -0.15) is 0 Å². The molecule has 0 aromatic rings. The molecule has 2 heterocycles. The predicted molar refractivity (Wildman–Crippen MR) is 89.1 cm³/mol. The number of ether oxygens (including phenoxy) is 1. The summed E-state index contributed by atoms with van der Waals surface area (Å²) < 4.78 is 5.54. The standard InChI is InChI=1S/C17H31N3O3/c1-14(2)10-20-11-15(23-13-17(20)22)9-18-16(21)12-19-7-5-3-4-6-8-19/h14-15H,3-13H2,1-2H3,(H,18,21). The Hall–Kier alpha value is -1.14. The Bertz CT molecular complexity index is 393. The monoisotopic (exact) mass is 325 g/mol. The molecule has 2 saturated heterocycles. The Balaban J connectivity index is 1.69. The van der Waals surface area contributed by atoms with E-state index in [2.05, 4.69) is 24.1 Å². The van der Waals surface area contributed by atoms with Gasteiger partial charge in [0.05, 0.1) is 12.6 Å². The first-order valence-corrected chi connectivity index (χ1v) is 8.93. The van der Waals surface area contributed by atoms with E-state index in [1.807, 2.05) is 4.90 Å². The van der Waals surface area contributed by atoms with E-state index >= 15 is 0 Å². The minimum atomic E-state index is -0.0977. The molecule has 6 nitrogen and oxygen atoms in total. The average molecular weight is 325 g/mol. The number of nitrogens with one attached hydrogen (secondary N) is 1. The third kappa shape index (κ3) is 6.47. The first-order chi connectivity index (χ1) is 11.0. The number of rotatable bonds is 6. The number of carbonyl (C=O) groups is 2. The fourth-order valence-corrected chi connectivity index (χ4v) is 3.20. The molecule has 1 unspecified atom stereocenters. The lowest BCUT2D eigenvalue weighted by Gasteiger charge is -2.34. The van der Waals surface area contributed by atoms with Crippen LogP contribution < -0.4 is 5.32 Å². The van der Waals surface area contributed by atoms with E-state index < -0.39 is 0 Å². The number of likely N-dealkylation sites (tertiary alicyclic amines) is 1. The fourth-order valence-electron chi connectivity index (χ4n) is 3.20. The second-order valence-electron chi connectivity index (χ2n) is 7.12. The van der Waals surface area contributed by atoms with Crippen LogP contribution in [-0.2, 0) is 14.3 Å². The molecule has 0 saturated carbocycles. The van der Waals surface area contributed by atoms with Crippen molar-refractivity contribution in [2.24, 2.45) is 5.92 Å². The van der Waals surface area contributed by atoms with Gasteiger partial charge in [-0.25, -0.2) is 0 Å². The summed E-state index contributed by atoms with van der Waals surface area (Å²) in [4.78, 5) is 28.0. The number of amides is 2. The lowest BCUT2D eigenvalue weighted by atomic mass is 10.1. The van der Waals surface area contributed by atoms with Crippen molar-refractivity contribution in [1.82, 2.24) is 15.1 Å². The summed E-state index contributed by atoms with van der Waals surface area (Å²) in [5.41, 5.74) is 0. The number of morpholine rings is 1. The van der Waals surface area contributed by atoms with E-state index in [-0.39, 0.29) is 24.5 Å². The molecule has 6 heteroatoms. The maximum atomic E-state index is 12.1. The van der Waals surface area contributed by atoms with Gasteiger partial charge in [-0.1, -0.05) is 26.7 Å². The van der Waals surface area contributed by atoms with Crippen molar-refractivity contribution >= 4 is 11.8 Å². The Labute approximate surface area is 139 Å². The average Bonchev–Trinajstić information content (AvgIpc) is 2.76. The third-order valence-electron chi connectivity index (χ3n) is 4.40. The summed E-state index contributed by atoms with van der Waals surface area (Å²) >= 11 is 0. The van der Waals surface area contributed by atoms with Crippen molar-refractivity contribution in [2.45, 2.75) is 45.6 Å². The van der Waals surface area contributed by atoms with E-state index in [4.69, 9.17) is 4.74 Å². The van der Waals surface area contributed by atoms with Crippen LogP contribution in [0.5, 0.6) is 0 Å². The molecule has 0 aliphatic carbocycles. The third-order valence-corrected chi connectivity index (χ3v) is 4.40. The minimum Gasteiger partial charge on any atom is -0.365 e. The maximum Gasteiger partial charge on any atom is 0.248 e. The number of nitrogens with zero attached hydrogens (tertiary/aromatic N) is 2. The SMILES string of the molecule is CC(C)CN1CC(CNC(=O)CN2CCCCCC2)OCC1=O. The van der Waals surface area contributed by atoms with Gasteiger partial charge < -0.3 is 15.0 Å². The largest absolute Gasteiger partial charge is 0.365 e. The Morgan fingerprint density at radius 1 is 1.26 bits per heavy atom. The van der Waals surface area contributed by atoms with Gasteiger partial charge in [-0.3, -0.25) is 14.5 Å². The van der Waals surface area contributed by atoms with Crippen LogP contribution in [0.4, 0.5) is 0 Å². The topological polar surface area (TPSA) is 61.9 Å². The lowest BCUT2D eigenvalue weighted by Crippen LogP contribution is -2.52. The van der Waals surface area contributed by atoms with Gasteiger partial charge in [0.15, 0.2) is 0 Å². The summed E-state index contributed by atoms with van der Waals surface area (Å²) in [7, 11) is 0. The number of carbonyl (C=O) groups excluding carboxylic acids is 2. The van der Waals surface area contributed by atoms with Gasteiger partial charge >= 0.3 is 0 Å². The Morgan fingerprint density at radius 2 is 1.96 bits per heavy atom. The summed E-state index contributed by atoms with van der Waals surface area (Å²) in [6.07, 6.45) is 4.82. The molecule has 2 rings (SSSR count). The number of hydrogen-bond donors (Lipinski definition) is 1. The molecule has 0 aromatic heterocycles. The quantitative estimate of drug-likeness (QED) is 0.787. The van der Waals surface area contributed by atoms with Gasteiger partial charge in [0.1, 0.15) is 6.61 Å². The molecular weight excluding hydrogens is 294 g/mol. The highest BCUT2D eigenvalue weighted by Gasteiger charge is 2.27. The smallest absolute Gasteiger partial charge is 0.248 e. The molecule has 23 heavy (non-hydrogen) atoms. The van der Waals surface area contributed by atoms with Crippen LogP contribution in [-0.4, -0.2) is 73.6 Å². The highest BCUT2D eigenvalue weighted by molar-refractivity contribution is 5.79. The van der Waals surface area contributed by atoms with Gasteiger partial charge in [0, 0.05) is 19.6 Å². The van der Waals surface area contributed by atoms with E-state index in [9.17, 15) is 9.59 Å². The summed E-state index contributed by atoms with van der Waals surface area (Å²) in [6.45, 7) is 8.63. The zero-order valence-corrected chi connectivity index (χ0v) is 14.6. The van der Waals surface area contributed by atoms with Crippen molar-refractivity contribution in [3.63, 3.8) is 0 Å². The first kappa shape index (κ1) is 18.2. The summed E-state index contributed by atoms with van der Waals surface area (Å²) in [6, 6.07) is 0. The van der Waals surface area contributed by atoms with Crippen LogP contribution in [0.15, 0.2) is 0 Å². The van der Waals surface area contributed by atoms with E-state index in [1.54, 1.807) is 0 Å².